The number of halogens is 1. The summed E-state index contributed by atoms with van der Waals surface area (Å²) in [5.41, 5.74) is 2.12. The summed E-state index contributed by atoms with van der Waals surface area (Å²) in [7, 11) is 0. The second-order valence-electron chi connectivity index (χ2n) is 3.51. The summed E-state index contributed by atoms with van der Waals surface area (Å²) in [6.07, 6.45) is 4.90. The van der Waals surface area contributed by atoms with Crippen LogP contribution in [0.5, 0.6) is 0 Å². The number of rotatable bonds is 1. The zero-order valence-corrected chi connectivity index (χ0v) is 9.63. The average molecular weight is 247 g/mol. The normalized spacial score (nSPS) is 10.9. The van der Waals surface area contributed by atoms with Gasteiger partial charge in [-0.25, -0.2) is 9.97 Å². The molecule has 0 N–H and O–H groups in total. The molecule has 0 spiro atoms. The number of hydrogen-bond acceptors (Lipinski definition) is 5. The summed E-state index contributed by atoms with van der Waals surface area (Å²) in [4.78, 5) is 12.4. The molecule has 0 radical (unpaired) electrons. The first kappa shape index (κ1) is 10.1. The van der Waals surface area contributed by atoms with E-state index in [4.69, 9.17) is 11.6 Å². The van der Waals surface area contributed by atoms with Gasteiger partial charge in [-0.1, -0.05) is 11.6 Å². The number of fused-ring (bicyclic) bond motifs is 1. The Morgan fingerprint density at radius 1 is 1.12 bits per heavy atom. The minimum Gasteiger partial charge on any atom is -0.264 e. The van der Waals surface area contributed by atoms with E-state index in [1.807, 2.05) is 6.92 Å². The fraction of sp³-hybridized carbons (Fsp3) is 0.100. The molecule has 7 heteroatoms. The highest BCUT2D eigenvalue weighted by molar-refractivity contribution is 6.29. The van der Waals surface area contributed by atoms with Gasteiger partial charge in [0.05, 0.1) is 11.9 Å². The van der Waals surface area contributed by atoms with Crippen molar-refractivity contribution in [3.8, 4) is 11.5 Å². The largest absolute Gasteiger partial charge is 0.264 e. The molecule has 3 rings (SSSR count). The average Bonchev–Trinajstić information content (AvgIpc) is 2.73. The molecule has 0 atom stereocenters. The Bertz CT molecular complexity index is 675. The first-order valence-corrected chi connectivity index (χ1v) is 5.27. The maximum Gasteiger partial charge on any atom is 0.189 e. The lowest BCUT2D eigenvalue weighted by Crippen LogP contribution is -1.94. The number of nitrogens with zero attached hydrogens (tertiary/aromatic N) is 6. The third-order valence-corrected chi connectivity index (χ3v) is 2.48. The van der Waals surface area contributed by atoms with E-state index in [2.05, 4.69) is 25.1 Å². The Kier molecular flexibility index (Phi) is 2.22. The number of aryl methyl sites for hydroxylation is 1. The van der Waals surface area contributed by atoms with E-state index in [1.165, 1.54) is 0 Å². The van der Waals surface area contributed by atoms with Crippen molar-refractivity contribution in [2.24, 2.45) is 0 Å². The second-order valence-corrected chi connectivity index (χ2v) is 3.89. The van der Waals surface area contributed by atoms with E-state index in [9.17, 15) is 0 Å². The van der Waals surface area contributed by atoms with E-state index in [-0.39, 0.29) is 0 Å². The molecule has 0 unspecified atom stereocenters. The fourth-order valence-electron chi connectivity index (χ4n) is 1.46. The minimum atomic E-state index is 0.381. The summed E-state index contributed by atoms with van der Waals surface area (Å²) in [5, 5.41) is 8.43. The summed E-state index contributed by atoms with van der Waals surface area (Å²) in [6.45, 7) is 1.88. The Morgan fingerprint density at radius 2 is 2.00 bits per heavy atom. The lowest BCUT2D eigenvalue weighted by Gasteiger charge is -1.98. The van der Waals surface area contributed by atoms with Crippen LogP contribution >= 0.6 is 11.6 Å². The van der Waals surface area contributed by atoms with Crippen molar-refractivity contribution in [1.82, 2.24) is 29.5 Å². The zero-order valence-electron chi connectivity index (χ0n) is 8.87. The van der Waals surface area contributed by atoms with Crippen LogP contribution in [0.15, 0.2) is 24.8 Å². The van der Waals surface area contributed by atoms with E-state index in [0.29, 0.717) is 22.3 Å². The quantitative estimate of drug-likeness (QED) is 0.609. The van der Waals surface area contributed by atoms with Crippen molar-refractivity contribution in [3.63, 3.8) is 0 Å². The van der Waals surface area contributed by atoms with Crippen molar-refractivity contribution in [2.45, 2.75) is 6.92 Å². The van der Waals surface area contributed by atoms with Gasteiger partial charge in [-0.15, -0.1) is 10.2 Å². The van der Waals surface area contributed by atoms with Gasteiger partial charge in [0.25, 0.3) is 0 Å². The molecule has 0 amide bonds. The van der Waals surface area contributed by atoms with Gasteiger partial charge in [0.2, 0.25) is 0 Å². The molecule has 3 aromatic rings. The van der Waals surface area contributed by atoms with Crippen molar-refractivity contribution < 1.29 is 0 Å². The summed E-state index contributed by atoms with van der Waals surface area (Å²) in [6, 6.07) is 1.64. The lowest BCUT2D eigenvalue weighted by molar-refractivity contribution is 1.04. The molecule has 3 heterocycles. The monoisotopic (exact) mass is 246 g/mol. The van der Waals surface area contributed by atoms with Gasteiger partial charge in [-0.2, -0.15) is 0 Å². The van der Waals surface area contributed by atoms with Crippen LogP contribution in [0.1, 0.15) is 5.69 Å². The van der Waals surface area contributed by atoms with E-state index >= 15 is 0 Å². The summed E-state index contributed by atoms with van der Waals surface area (Å²) < 4.78 is 1.71. The molecular weight excluding hydrogens is 240 g/mol. The molecular formula is C10H7ClN6. The Balaban J connectivity index is 2.21. The topological polar surface area (TPSA) is 68.9 Å². The van der Waals surface area contributed by atoms with E-state index < -0.39 is 0 Å². The minimum absolute atomic E-state index is 0.381. The van der Waals surface area contributed by atoms with Crippen molar-refractivity contribution in [3.05, 3.63) is 35.6 Å². The lowest BCUT2D eigenvalue weighted by atomic mass is 10.4. The number of aromatic nitrogens is 6. The van der Waals surface area contributed by atoms with Crippen molar-refractivity contribution >= 4 is 17.2 Å². The van der Waals surface area contributed by atoms with Gasteiger partial charge in [-0.05, 0) is 6.92 Å². The van der Waals surface area contributed by atoms with Crippen LogP contribution in [0.4, 0.5) is 0 Å². The van der Waals surface area contributed by atoms with Gasteiger partial charge in [-0.3, -0.25) is 9.38 Å². The predicted molar refractivity (Wildman–Crippen MR) is 61.6 cm³/mol. The molecule has 0 aliphatic carbocycles. The first-order valence-electron chi connectivity index (χ1n) is 4.89. The zero-order chi connectivity index (χ0) is 11.8. The molecule has 84 valence electrons. The predicted octanol–water partition coefficient (Wildman–Crippen LogP) is 1.54. The number of hydrogen-bond donors (Lipinski definition) is 0. The Morgan fingerprint density at radius 3 is 2.76 bits per heavy atom. The Labute approximate surface area is 101 Å². The molecule has 0 aliphatic rings. The highest BCUT2D eigenvalue weighted by Crippen LogP contribution is 2.16. The van der Waals surface area contributed by atoms with Crippen LogP contribution in [0, 0.1) is 6.92 Å². The fourth-order valence-corrected chi connectivity index (χ4v) is 1.60. The maximum atomic E-state index is 5.77. The van der Waals surface area contributed by atoms with Gasteiger partial charge < -0.3 is 0 Å². The molecule has 0 saturated heterocycles. The highest BCUT2D eigenvalue weighted by atomic mass is 35.5. The SMILES string of the molecule is Cc1cnc(-c2nnc3cc(Cl)ncn23)cn1. The van der Waals surface area contributed by atoms with Crippen LogP contribution in [-0.2, 0) is 0 Å². The molecule has 17 heavy (non-hydrogen) atoms. The smallest absolute Gasteiger partial charge is 0.189 e. The van der Waals surface area contributed by atoms with Crippen molar-refractivity contribution in [2.75, 3.05) is 0 Å². The molecule has 6 nitrogen and oxygen atoms in total. The molecule has 0 fully saturated rings. The van der Waals surface area contributed by atoms with Crippen LogP contribution in [0.3, 0.4) is 0 Å². The highest BCUT2D eigenvalue weighted by Gasteiger charge is 2.09. The molecule has 0 bridgehead atoms. The van der Waals surface area contributed by atoms with Crippen LogP contribution < -0.4 is 0 Å². The van der Waals surface area contributed by atoms with Gasteiger partial charge in [0.1, 0.15) is 17.2 Å². The summed E-state index contributed by atoms with van der Waals surface area (Å²) >= 11 is 5.77. The van der Waals surface area contributed by atoms with Gasteiger partial charge in [0.15, 0.2) is 11.5 Å². The molecule has 0 saturated carbocycles. The van der Waals surface area contributed by atoms with Gasteiger partial charge in [0, 0.05) is 12.3 Å². The van der Waals surface area contributed by atoms with E-state index in [1.54, 1.807) is 29.2 Å². The second kappa shape index (κ2) is 3.74. The van der Waals surface area contributed by atoms with Crippen LogP contribution in [0.2, 0.25) is 5.15 Å². The van der Waals surface area contributed by atoms with Gasteiger partial charge >= 0.3 is 0 Å². The summed E-state index contributed by atoms with van der Waals surface area (Å²) in [5.74, 6) is 0.594. The van der Waals surface area contributed by atoms with Crippen LogP contribution in [0.25, 0.3) is 17.2 Å². The molecule has 0 aliphatic heterocycles. The van der Waals surface area contributed by atoms with E-state index in [0.717, 1.165) is 5.69 Å². The first-order chi connectivity index (χ1) is 8.24. The molecule has 3 aromatic heterocycles. The molecule has 0 aromatic carbocycles. The maximum absolute atomic E-state index is 5.77. The van der Waals surface area contributed by atoms with Crippen molar-refractivity contribution in [1.29, 1.82) is 0 Å². The third kappa shape index (κ3) is 1.72. The standard InChI is InChI=1S/C10H7ClN6/c1-6-3-13-7(4-12-6)10-16-15-9-2-8(11)14-5-17(9)10/h2-5H,1H3. The Hall–Kier alpha value is -2.08. The third-order valence-electron chi connectivity index (χ3n) is 2.28. The van der Waals surface area contributed by atoms with Crippen LogP contribution in [-0.4, -0.2) is 29.5 Å².